The Morgan fingerprint density at radius 2 is 1.71 bits per heavy atom. The van der Waals surface area contributed by atoms with Crippen molar-refractivity contribution >= 4 is 12.1 Å². The van der Waals surface area contributed by atoms with Gasteiger partial charge in [-0.15, -0.1) is 5.10 Å². The zero-order chi connectivity index (χ0) is 33.6. The molecule has 0 aliphatic rings. The van der Waals surface area contributed by atoms with Gasteiger partial charge in [0, 0.05) is 19.2 Å². The molecule has 0 unspecified atom stereocenters. The second kappa shape index (κ2) is 17.5. The number of rotatable bonds is 14. The normalized spacial score (nSPS) is 11.5. The molecule has 0 aliphatic heterocycles. The monoisotopic (exact) mass is 624 g/mol. The van der Waals surface area contributed by atoms with E-state index in [0.717, 1.165) is 59.5 Å². The van der Waals surface area contributed by atoms with E-state index in [1.165, 1.54) is 0 Å². The van der Waals surface area contributed by atoms with Crippen molar-refractivity contribution in [3.8, 4) is 16.9 Å². The van der Waals surface area contributed by atoms with Crippen molar-refractivity contribution < 1.29 is 29.3 Å². The van der Waals surface area contributed by atoms with E-state index in [1.54, 1.807) is 34.6 Å². The van der Waals surface area contributed by atoms with E-state index in [9.17, 15) is 9.59 Å². The first-order valence-corrected chi connectivity index (χ1v) is 15.6. The highest BCUT2D eigenvalue weighted by molar-refractivity contribution is 5.69. The van der Waals surface area contributed by atoms with E-state index >= 15 is 0 Å². The number of aryl methyl sites for hydroxylation is 3. The molecular formula is C35H52N4O6. The van der Waals surface area contributed by atoms with E-state index in [2.05, 4.69) is 60.7 Å². The molecule has 1 amide bonds. The number of aromatic nitrogens is 3. The molecule has 0 fully saturated rings. The van der Waals surface area contributed by atoms with Crippen LogP contribution in [0, 0.1) is 12.8 Å². The van der Waals surface area contributed by atoms with Gasteiger partial charge in [0.15, 0.2) is 0 Å². The highest BCUT2D eigenvalue weighted by atomic mass is 16.6. The number of hydrogen-bond donors (Lipinski definition) is 3. The summed E-state index contributed by atoms with van der Waals surface area (Å²) < 4.78 is 12.9. The summed E-state index contributed by atoms with van der Waals surface area (Å²) >= 11 is 0. The van der Waals surface area contributed by atoms with Crippen LogP contribution >= 0.6 is 0 Å². The van der Waals surface area contributed by atoms with Crippen LogP contribution in [-0.2, 0) is 28.9 Å². The largest absolute Gasteiger partial charge is 0.494 e. The number of aliphatic hydroxyl groups excluding tert-OH is 1. The molecule has 0 saturated carbocycles. The Labute approximate surface area is 268 Å². The average Bonchev–Trinajstić information content (AvgIpc) is 3.37. The highest BCUT2D eigenvalue weighted by Crippen LogP contribution is 2.27. The lowest BCUT2D eigenvalue weighted by molar-refractivity contribution is -0.136. The maximum atomic E-state index is 11.2. The Morgan fingerprint density at radius 1 is 1.02 bits per heavy atom. The van der Waals surface area contributed by atoms with Crippen LogP contribution in [0.15, 0.2) is 48.7 Å². The quantitative estimate of drug-likeness (QED) is 0.171. The third-order valence-electron chi connectivity index (χ3n) is 6.58. The molecule has 3 rings (SSSR count). The summed E-state index contributed by atoms with van der Waals surface area (Å²) in [4.78, 5) is 21.9. The number of alkyl carbamates (subject to hydrolysis) is 1. The van der Waals surface area contributed by atoms with Crippen molar-refractivity contribution in [3.63, 3.8) is 0 Å². The Hall–Kier alpha value is -3.92. The van der Waals surface area contributed by atoms with Crippen molar-refractivity contribution in [2.45, 2.75) is 105 Å². The summed E-state index contributed by atoms with van der Waals surface area (Å²) in [6, 6.07) is 14.3. The van der Waals surface area contributed by atoms with E-state index in [0.29, 0.717) is 18.9 Å². The first kappa shape index (κ1) is 37.3. The second-order valence-electron chi connectivity index (χ2n) is 13.4. The minimum absolute atomic E-state index is 0.119. The Balaban J connectivity index is 0.000000459. The number of nitrogens with one attached hydrogen (secondary N) is 1. The summed E-state index contributed by atoms with van der Waals surface area (Å²) in [7, 11) is 0. The summed E-state index contributed by atoms with van der Waals surface area (Å²) in [6.07, 6.45) is 5.16. The lowest BCUT2D eigenvalue weighted by Gasteiger charge is -2.26. The van der Waals surface area contributed by atoms with Gasteiger partial charge < -0.3 is 25.0 Å². The zero-order valence-electron chi connectivity index (χ0n) is 28.2. The number of carbonyl (C=O) groups excluding carboxylic acids is 1. The zero-order valence-corrected chi connectivity index (χ0v) is 28.2. The number of benzene rings is 2. The summed E-state index contributed by atoms with van der Waals surface area (Å²) in [5.41, 5.74) is 4.39. The average molecular weight is 625 g/mol. The number of hydrogen-bond acceptors (Lipinski definition) is 7. The van der Waals surface area contributed by atoms with Crippen LogP contribution in [0.25, 0.3) is 11.1 Å². The first-order valence-electron chi connectivity index (χ1n) is 15.6. The molecule has 248 valence electrons. The third kappa shape index (κ3) is 15.1. The number of carboxylic acid groups (broad SMARTS) is 1. The molecule has 0 spiro atoms. The number of carboxylic acids is 1. The van der Waals surface area contributed by atoms with Gasteiger partial charge in [-0.3, -0.25) is 9.48 Å². The fourth-order valence-corrected chi connectivity index (χ4v) is 4.30. The molecule has 0 aliphatic carbocycles. The smallest absolute Gasteiger partial charge is 0.408 e. The molecule has 0 radical (unpaired) electrons. The SMILES string of the molecule is CC(C)(CO)NC(=O)OC(C)(C)C.Cc1cc(OCCCCn2cc(CC(C)C)nn2)ccc1-c1ccc(CCC(=O)O)cc1. The van der Waals surface area contributed by atoms with Gasteiger partial charge in [-0.25, -0.2) is 4.79 Å². The molecule has 45 heavy (non-hydrogen) atoms. The standard InChI is InChI=1S/C26H33N3O3.C9H19NO3/c1-19(2)16-23-18-29(28-27-23)14-4-5-15-32-24-11-12-25(20(3)17-24)22-9-6-21(7-10-22)8-13-26(30)31;1-8(2,3)13-7(12)10-9(4,5)6-11/h6-7,9-12,17-19H,4-5,8,13-16H2,1-3H3,(H,30,31);11H,6H2,1-5H3,(H,10,12). The number of aliphatic hydroxyl groups is 1. The van der Waals surface area contributed by atoms with E-state index in [1.807, 2.05) is 29.1 Å². The number of unbranched alkanes of at least 4 members (excludes halogenated alkanes) is 1. The maximum Gasteiger partial charge on any atom is 0.408 e. The van der Waals surface area contributed by atoms with Crippen molar-refractivity contribution in [2.75, 3.05) is 13.2 Å². The molecular weight excluding hydrogens is 572 g/mol. The number of nitrogens with zero attached hydrogens (tertiary/aromatic N) is 3. The van der Waals surface area contributed by atoms with Gasteiger partial charge in [0.25, 0.3) is 0 Å². The second-order valence-corrected chi connectivity index (χ2v) is 13.4. The van der Waals surface area contributed by atoms with Gasteiger partial charge in [0.05, 0.1) is 24.4 Å². The van der Waals surface area contributed by atoms with Crippen LogP contribution in [0.5, 0.6) is 5.75 Å². The van der Waals surface area contributed by atoms with Gasteiger partial charge in [-0.05, 0) is 108 Å². The molecule has 10 nitrogen and oxygen atoms in total. The highest BCUT2D eigenvalue weighted by Gasteiger charge is 2.23. The summed E-state index contributed by atoms with van der Waals surface area (Å²) in [5.74, 6) is 0.700. The fourth-order valence-electron chi connectivity index (χ4n) is 4.30. The topological polar surface area (TPSA) is 136 Å². The van der Waals surface area contributed by atoms with Crippen LogP contribution in [0.3, 0.4) is 0 Å². The molecule has 0 atom stereocenters. The van der Waals surface area contributed by atoms with Crippen molar-refractivity contribution in [2.24, 2.45) is 5.92 Å². The Kier molecular flexibility index (Phi) is 14.5. The van der Waals surface area contributed by atoms with E-state index in [-0.39, 0.29) is 13.0 Å². The van der Waals surface area contributed by atoms with Crippen LogP contribution < -0.4 is 10.1 Å². The lowest BCUT2D eigenvalue weighted by Crippen LogP contribution is -2.48. The van der Waals surface area contributed by atoms with Crippen LogP contribution in [-0.4, -0.2) is 61.6 Å². The number of aliphatic carboxylic acids is 1. The minimum Gasteiger partial charge on any atom is -0.494 e. The first-order chi connectivity index (χ1) is 21.1. The van der Waals surface area contributed by atoms with Gasteiger partial charge in [-0.2, -0.15) is 0 Å². The lowest BCUT2D eigenvalue weighted by atomic mass is 9.98. The molecule has 2 aromatic carbocycles. The van der Waals surface area contributed by atoms with Crippen molar-refractivity contribution in [1.29, 1.82) is 0 Å². The van der Waals surface area contributed by atoms with Gasteiger partial charge in [0.2, 0.25) is 0 Å². The number of amides is 1. The van der Waals surface area contributed by atoms with E-state index in [4.69, 9.17) is 19.7 Å². The molecule has 0 bridgehead atoms. The molecule has 1 aromatic heterocycles. The molecule has 3 aromatic rings. The van der Waals surface area contributed by atoms with Crippen LogP contribution in [0.1, 0.15) is 84.5 Å². The van der Waals surface area contributed by atoms with Crippen molar-refractivity contribution in [3.05, 3.63) is 65.5 Å². The molecule has 1 heterocycles. The van der Waals surface area contributed by atoms with Crippen LogP contribution in [0.2, 0.25) is 0 Å². The Morgan fingerprint density at radius 3 is 2.29 bits per heavy atom. The van der Waals surface area contributed by atoms with Gasteiger partial charge in [0.1, 0.15) is 11.4 Å². The minimum atomic E-state index is -0.769. The predicted molar refractivity (Wildman–Crippen MR) is 176 cm³/mol. The van der Waals surface area contributed by atoms with Gasteiger partial charge in [-0.1, -0.05) is 49.4 Å². The Bertz CT molecular complexity index is 1340. The van der Waals surface area contributed by atoms with Crippen LogP contribution in [0.4, 0.5) is 4.79 Å². The molecule has 0 saturated heterocycles. The molecule has 3 N–H and O–H groups in total. The molecule has 10 heteroatoms. The van der Waals surface area contributed by atoms with Crippen molar-refractivity contribution in [1.82, 2.24) is 20.3 Å². The number of ether oxygens (including phenoxy) is 2. The fraction of sp³-hybridized carbons (Fsp3) is 0.543. The summed E-state index contributed by atoms with van der Waals surface area (Å²) in [5, 5.41) is 28.7. The number of carbonyl (C=O) groups is 2. The van der Waals surface area contributed by atoms with Gasteiger partial charge >= 0.3 is 12.1 Å². The summed E-state index contributed by atoms with van der Waals surface area (Å²) in [6.45, 7) is 16.7. The maximum absolute atomic E-state index is 11.2. The predicted octanol–water partition coefficient (Wildman–Crippen LogP) is 6.61. The van der Waals surface area contributed by atoms with E-state index < -0.39 is 23.2 Å². The third-order valence-corrected chi connectivity index (χ3v) is 6.58.